The Balaban J connectivity index is 4.42. The van der Waals surface area contributed by atoms with Crippen LogP contribution >= 0.6 is 15.6 Å². The van der Waals surface area contributed by atoms with Crippen molar-refractivity contribution in [3.8, 4) is 0 Å². The number of esters is 3. The molecule has 0 saturated carbocycles. The molecule has 0 aliphatic heterocycles. The van der Waals surface area contributed by atoms with Crippen molar-refractivity contribution in [2.75, 3.05) is 39.6 Å². The molecule has 0 aliphatic carbocycles. The summed E-state index contributed by atoms with van der Waals surface area (Å²) in [4.78, 5) is 58.8. The topological polar surface area (TPSA) is 231 Å². The summed E-state index contributed by atoms with van der Waals surface area (Å²) in [5.74, 6) is -1.59. The number of phosphoric ester groups is 2. The molecule has 5 atom stereocenters. The molecule has 0 aromatic rings. The van der Waals surface area contributed by atoms with Crippen LogP contribution in [-0.2, 0) is 55.8 Å². The first-order valence-electron chi connectivity index (χ1n) is 44.1. The molecular weight excluding hydrogens is 1430 g/mol. The van der Waals surface area contributed by atoms with E-state index in [9.17, 15) is 43.5 Å². The first-order chi connectivity index (χ1) is 54.2. The van der Waals surface area contributed by atoms with Crippen molar-refractivity contribution in [1.82, 2.24) is 0 Å². The second-order valence-electron chi connectivity index (χ2n) is 29.3. The number of allylic oxidation sites excluding steroid dienone is 24. The average molecular weight is 1600 g/mol. The Morgan fingerprint density at radius 3 is 0.793 bits per heavy atom. The second-order valence-corrected chi connectivity index (χ2v) is 32.2. The van der Waals surface area contributed by atoms with Crippen LogP contribution in [0.4, 0.5) is 0 Å². The molecule has 5 unspecified atom stereocenters. The Labute approximate surface area is 677 Å². The molecule has 111 heavy (non-hydrogen) atoms. The van der Waals surface area contributed by atoms with Gasteiger partial charge in [-0.3, -0.25) is 32.5 Å². The molecule has 0 fully saturated rings. The van der Waals surface area contributed by atoms with Crippen molar-refractivity contribution in [1.29, 1.82) is 0 Å². The van der Waals surface area contributed by atoms with Gasteiger partial charge in [-0.05, 0) is 141 Å². The Morgan fingerprint density at radius 2 is 0.495 bits per heavy atom. The smallest absolute Gasteiger partial charge is 0.463 e. The lowest BCUT2D eigenvalue weighted by atomic mass is 10.0. The molecule has 0 radical (unpaired) electrons. The summed E-state index contributed by atoms with van der Waals surface area (Å²) < 4.78 is 61.3. The fraction of sp³-hybridized carbons (Fsp3) is 0.710. The maximum atomic E-state index is 13.0. The standard InChI is InChI=1S/C93H160O16P2/c1-4-7-10-13-16-19-22-25-27-29-31-33-35-37-39-41-42-43-44-46-48-49-51-53-55-57-59-62-64-67-70-73-76-79-91(96)103-82-88(94)83-105-110(99,100)106-84-89(95)85-107-111(101,102)108-87-90(109-93(98)81-78-75-72-69-66-61-24-21-18-15-12-9-6-3)86-104-92(97)80-77-74-71-68-65-63-60-58-56-54-52-50-47-45-40-38-36-34-32-30-28-26-23-20-17-14-11-8-5-2/h8,11-12,15-17,19-21,24-28,31-34,37-40,47,50,88-90,94-95H,4-7,9-10,13-14,18,22-23,29-30,35-36,41-46,48-49,51-87H2,1-3H3,(H,99,100)(H,101,102)/b11-8-,15-12-,19-16-,20-17-,24-21-,27-25-,28-26-,33-31-,34-32-,39-37-,40-38-,50-47-. The van der Waals surface area contributed by atoms with Crippen molar-refractivity contribution < 1.29 is 75.8 Å². The molecule has 0 heterocycles. The second kappa shape index (κ2) is 84.8. The van der Waals surface area contributed by atoms with Gasteiger partial charge in [-0.1, -0.05) is 353 Å². The minimum atomic E-state index is -4.94. The van der Waals surface area contributed by atoms with E-state index in [0.717, 1.165) is 161 Å². The summed E-state index contributed by atoms with van der Waals surface area (Å²) in [5.41, 5.74) is 0. The van der Waals surface area contributed by atoms with Gasteiger partial charge in [0, 0.05) is 19.3 Å². The summed E-state index contributed by atoms with van der Waals surface area (Å²) in [6.07, 6.45) is 106. The van der Waals surface area contributed by atoms with Crippen LogP contribution in [0.3, 0.4) is 0 Å². The highest BCUT2D eigenvalue weighted by molar-refractivity contribution is 7.47. The monoisotopic (exact) mass is 1600 g/mol. The van der Waals surface area contributed by atoms with E-state index >= 15 is 0 Å². The number of aliphatic hydroxyl groups is 2. The van der Waals surface area contributed by atoms with E-state index in [1.807, 2.05) is 0 Å². The summed E-state index contributed by atoms with van der Waals surface area (Å²) in [7, 11) is -9.80. The van der Waals surface area contributed by atoms with Crippen molar-refractivity contribution in [3.63, 3.8) is 0 Å². The van der Waals surface area contributed by atoms with E-state index in [1.54, 1.807) is 0 Å². The molecule has 16 nitrogen and oxygen atoms in total. The lowest BCUT2D eigenvalue weighted by molar-refractivity contribution is -0.161. The quantitative estimate of drug-likeness (QED) is 0.0146. The van der Waals surface area contributed by atoms with Crippen molar-refractivity contribution in [2.24, 2.45) is 0 Å². The predicted molar refractivity (Wildman–Crippen MR) is 463 cm³/mol. The molecule has 0 aromatic heterocycles. The van der Waals surface area contributed by atoms with Crippen LogP contribution in [0.25, 0.3) is 0 Å². The third-order valence-corrected chi connectivity index (χ3v) is 20.4. The third kappa shape index (κ3) is 86.1. The van der Waals surface area contributed by atoms with Gasteiger partial charge < -0.3 is 34.2 Å². The molecule has 0 rings (SSSR count). The van der Waals surface area contributed by atoms with E-state index in [1.165, 1.54) is 148 Å². The third-order valence-electron chi connectivity index (χ3n) is 18.5. The largest absolute Gasteiger partial charge is 0.472 e. The highest BCUT2D eigenvalue weighted by Crippen LogP contribution is 2.45. The molecule has 0 bridgehead atoms. The highest BCUT2D eigenvalue weighted by atomic mass is 31.2. The van der Waals surface area contributed by atoms with E-state index in [-0.39, 0.29) is 19.3 Å². The van der Waals surface area contributed by atoms with Crippen LogP contribution in [0.2, 0.25) is 0 Å². The molecule has 0 saturated heterocycles. The van der Waals surface area contributed by atoms with E-state index in [2.05, 4.69) is 167 Å². The van der Waals surface area contributed by atoms with Gasteiger partial charge >= 0.3 is 33.6 Å². The van der Waals surface area contributed by atoms with Gasteiger partial charge in [-0.2, -0.15) is 0 Å². The molecule has 0 amide bonds. The number of aliphatic hydroxyl groups excluding tert-OH is 2. The van der Waals surface area contributed by atoms with Crippen molar-refractivity contribution in [3.05, 3.63) is 146 Å². The summed E-state index contributed by atoms with van der Waals surface area (Å²) in [6, 6.07) is 0. The van der Waals surface area contributed by atoms with Crippen LogP contribution < -0.4 is 0 Å². The minimum Gasteiger partial charge on any atom is -0.463 e. The first kappa shape index (κ1) is 106. The molecule has 0 aromatic carbocycles. The lowest BCUT2D eigenvalue weighted by Gasteiger charge is -2.21. The van der Waals surface area contributed by atoms with Gasteiger partial charge in [-0.25, -0.2) is 9.13 Å². The zero-order valence-electron chi connectivity index (χ0n) is 70.1. The van der Waals surface area contributed by atoms with Gasteiger partial charge in [0.1, 0.15) is 25.4 Å². The van der Waals surface area contributed by atoms with Crippen LogP contribution in [0.1, 0.15) is 367 Å². The van der Waals surface area contributed by atoms with E-state index < -0.39 is 91.5 Å². The normalized spacial score (nSPS) is 14.5. The van der Waals surface area contributed by atoms with E-state index in [4.69, 9.17) is 32.3 Å². The zero-order valence-corrected chi connectivity index (χ0v) is 71.9. The van der Waals surface area contributed by atoms with Crippen molar-refractivity contribution >= 4 is 33.6 Å². The minimum absolute atomic E-state index is 0.0849. The van der Waals surface area contributed by atoms with Crippen LogP contribution in [0, 0.1) is 0 Å². The number of hydrogen-bond donors (Lipinski definition) is 4. The summed E-state index contributed by atoms with van der Waals surface area (Å²) >= 11 is 0. The maximum absolute atomic E-state index is 13.0. The van der Waals surface area contributed by atoms with Gasteiger partial charge in [0.15, 0.2) is 6.10 Å². The zero-order chi connectivity index (χ0) is 80.8. The number of carbonyl (C=O) groups excluding carboxylic acids is 3. The highest BCUT2D eigenvalue weighted by Gasteiger charge is 2.29. The number of carbonyl (C=O) groups is 3. The molecule has 638 valence electrons. The Morgan fingerprint density at radius 1 is 0.261 bits per heavy atom. The predicted octanol–water partition coefficient (Wildman–Crippen LogP) is 26.8. The first-order valence-corrected chi connectivity index (χ1v) is 47.1. The van der Waals surface area contributed by atoms with Crippen LogP contribution in [0.15, 0.2) is 146 Å². The average Bonchev–Trinajstić information content (AvgIpc) is 0.900. The van der Waals surface area contributed by atoms with Gasteiger partial charge in [-0.15, -0.1) is 0 Å². The number of ether oxygens (including phenoxy) is 3. The number of unbranched alkanes of at least 4 members (excludes halogenated alkanes) is 36. The molecule has 0 aliphatic rings. The van der Waals surface area contributed by atoms with Gasteiger partial charge in [0.2, 0.25) is 0 Å². The number of hydrogen-bond acceptors (Lipinski definition) is 14. The Hall–Kier alpha value is -4.57. The molecule has 18 heteroatoms. The number of phosphoric acid groups is 2. The maximum Gasteiger partial charge on any atom is 0.472 e. The fourth-order valence-corrected chi connectivity index (χ4v) is 13.4. The summed E-state index contributed by atoms with van der Waals surface area (Å²) in [6.45, 7) is 2.48. The summed E-state index contributed by atoms with van der Waals surface area (Å²) in [5, 5.41) is 20.7. The van der Waals surface area contributed by atoms with Gasteiger partial charge in [0.05, 0.1) is 26.4 Å². The molecule has 4 N–H and O–H groups in total. The Bertz CT molecular complexity index is 2600. The van der Waals surface area contributed by atoms with Crippen LogP contribution in [0.5, 0.6) is 0 Å². The Kier molecular flexibility index (Phi) is 81.3. The lowest BCUT2D eigenvalue weighted by Crippen LogP contribution is -2.30. The van der Waals surface area contributed by atoms with E-state index in [0.29, 0.717) is 19.3 Å². The van der Waals surface area contributed by atoms with Crippen molar-refractivity contribution in [2.45, 2.75) is 386 Å². The SMILES string of the molecule is CC/C=C\C/C=C\C/C=C\C/C=C\C/C=C\C/C=C\CCCCCCCCCCCCC(=O)OCC(COP(=O)(O)OCC(O)COP(=O)(O)OCC(O)COC(=O)CCCCCCCCCCCCCCCCCCC/C=C\C/C=C\C/C=C\C/C=C\CCCCC)OC(=O)CCCCCCC/C=C\C/C=C\CCC. The number of rotatable bonds is 83. The molecule has 0 spiro atoms. The fourth-order valence-electron chi connectivity index (χ4n) is 11.8. The van der Waals surface area contributed by atoms with Crippen LogP contribution in [-0.4, -0.2) is 95.9 Å². The molecular formula is C93H160O16P2. The van der Waals surface area contributed by atoms with Gasteiger partial charge in [0.25, 0.3) is 0 Å².